The van der Waals surface area contributed by atoms with E-state index in [9.17, 15) is 14.4 Å². The van der Waals surface area contributed by atoms with Crippen molar-refractivity contribution >= 4 is 17.9 Å². The van der Waals surface area contributed by atoms with Crippen LogP contribution >= 0.6 is 0 Å². The lowest BCUT2D eigenvalue weighted by molar-refractivity contribution is -0.191. The van der Waals surface area contributed by atoms with Crippen LogP contribution in [0, 0.1) is 0 Å². The number of hydrogen-bond donors (Lipinski definition) is 0. The van der Waals surface area contributed by atoms with E-state index in [1.807, 2.05) is 0 Å². The maximum atomic E-state index is 12.4. The van der Waals surface area contributed by atoms with Gasteiger partial charge in [0.25, 0.3) is 0 Å². The lowest BCUT2D eigenvalue weighted by Gasteiger charge is -2.31. The van der Waals surface area contributed by atoms with Crippen LogP contribution in [-0.4, -0.2) is 43.0 Å². The summed E-state index contributed by atoms with van der Waals surface area (Å²) in [6, 6.07) is 17.0. The van der Waals surface area contributed by atoms with Gasteiger partial charge in [0, 0.05) is 6.92 Å². The lowest BCUT2D eigenvalue weighted by Crippen LogP contribution is -2.42. The van der Waals surface area contributed by atoms with Crippen molar-refractivity contribution in [1.82, 2.24) is 0 Å². The molecular weight excluding hydrogens is 376 g/mol. The molecule has 2 aromatic carbocycles. The van der Waals surface area contributed by atoms with E-state index < -0.39 is 36.4 Å². The normalized spacial score (nSPS) is 20.5. The molecule has 0 aliphatic carbocycles. The van der Waals surface area contributed by atoms with E-state index in [1.165, 1.54) is 13.0 Å². The second-order valence-electron chi connectivity index (χ2n) is 6.24. The molecule has 3 atom stereocenters. The topological polar surface area (TPSA) is 88.1 Å². The van der Waals surface area contributed by atoms with Gasteiger partial charge in [0.2, 0.25) is 6.29 Å². The van der Waals surface area contributed by atoms with Gasteiger partial charge in [-0.05, 0) is 36.4 Å². The van der Waals surface area contributed by atoms with Crippen LogP contribution in [0.4, 0.5) is 0 Å². The molecule has 0 aromatic heterocycles. The largest absolute Gasteiger partial charge is 0.459 e. The Morgan fingerprint density at radius 1 is 0.828 bits per heavy atom. The van der Waals surface area contributed by atoms with Crippen LogP contribution in [0.1, 0.15) is 27.6 Å². The summed E-state index contributed by atoms with van der Waals surface area (Å²) in [5, 5.41) is 0. The van der Waals surface area contributed by atoms with Crippen LogP contribution in [0.2, 0.25) is 0 Å². The third kappa shape index (κ3) is 5.76. The molecule has 1 heterocycles. The molecule has 1 aliphatic rings. The van der Waals surface area contributed by atoms with Crippen molar-refractivity contribution in [3.05, 3.63) is 83.9 Å². The van der Waals surface area contributed by atoms with Crippen LogP contribution in [0.15, 0.2) is 72.8 Å². The zero-order valence-corrected chi connectivity index (χ0v) is 15.7. The molecule has 3 rings (SSSR count). The lowest BCUT2D eigenvalue weighted by atomic mass is 10.1. The van der Waals surface area contributed by atoms with E-state index in [2.05, 4.69) is 0 Å². The van der Waals surface area contributed by atoms with Gasteiger partial charge in [-0.25, -0.2) is 9.59 Å². The van der Waals surface area contributed by atoms with Crippen LogP contribution in [0.25, 0.3) is 0 Å². The summed E-state index contributed by atoms with van der Waals surface area (Å²) >= 11 is 0. The molecule has 7 heteroatoms. The third-order valence-electron chi connectivity index (χ3n) is 4.06. The summed E-state index contributed by atoms with van der Waals surface area (Å²) in [5.41, 5.74) is 0.760. The highest BCUT2D eigenvalue weighted by Gasteiger charge is 2.33. The van der Waals surface area contributed by atoms with E-state index in [0.29, 0.717) is 11.1 Å². The minimum absolute atomic E-state index is 0.192. The van der Waals surface area contributed by atoms with Crippen molar-refractivity contribution in [2.24, 2.45) is 0 Å². The van der Waals surface area contributed by atoms with E-state index >= 15 is 0 Å². The molecule has 0 saturated carbocycles. The number of carbonyl (C=O) groups excluding carboxylic acids is 3. The first-order valence-corrected chi connectivity index (χ1v) is 9.02. The molecule has 1 aliphatic heterocycles. The number of esters is 3. The van der Waals surface area contributed by atoms with Crippen LogP contribution in [-0.2, 0) is 23.7 Å². The van der Waals surface area contributed by atoms with Crippen molar-refractivity contribution in [3.8, 4) is 0 Å². The fourth-order valence-electron chi connectivity index (χ4n) is 2.68. The molecule has 150 valence electrons. The second kappa shape index (κ2) is 9.66. The van der Waals surface area contributed by atoms with Gasteiger partial charge < -0.3 is 18.9 Å². The van der Waals surface area contributed by atoms with Crippen LogP contribution in [0.5, 0.6) is 0 Å². The minimum Gasteiger partial charge on any atom is -0.459 e. The summed E-state index contributed by atoms with van der Waals surface area (Å²) in [7, 11) is 0. The highest BCUT2D eigenvalue weighted by Crippen LogP contribution is 2.20. The quantitative estimate of drug-likeness (QED) is 0.421. The van der Waals surface area contributed by atoms with Gasteiger partial charge in [-0.1, -0.05) is 36.4 Å². The molecule has 0 spiro atoms. The molecule has 0 bridgehead atoms. The van der Waals surface area contributed by atoms with Gasteiger partial charge in [-0.3, -0.25) is 4.79 Å². The Morgan fingerprint density at radius 3 is 2.00 bits per heavy atom. The maximum absolute atomic E-state index is 12.4. The Kier molecular flexibility index (Phi) is 6.76. The van der Waals surface area contributed by atoms with E-state index in [0.717, 1.165) is 0 Å². The Hall–Kier alpha value is -3.45. The van der Waals surface area contributed by atoms with Crippen molar-refractivity contribution in [1.29, 1.82) is 0 Å². The predicted molar refractivity (Wildman–Crippen MR) is 102 cm³/mol. The standard InChI is InChI=1S/C22H20O7/c1-15(23)27-20-13-12-18(29-22(25)17-10-6-3-7-11-17)19(28-20)14-26-21(24)16-8-4-2-5-9-16/h2-13,18-20H,14H2,1H3/t18-,19+,20-/m0/s1. The highest BCUT2D eigenvalue weighted by molar-refractivity contribution is 5.90. The predicted octanol–water partition coefficient (Wildman–Crippen LogP) is 2.91. The van der Waals surface area contributed by atoms with Crippen LogP contribution < -0.4 is 0 Å². The molecular formula is C22H20O7. The summed E-state index contributed by atoms with van der Waals surface area (Å²) in [5.74, 6) is -1.62. The molecule has 0 unspecified atom stereocenters. The summed E-state index contributed by atoms with van der Waals surface area (Å²) in [6.07, 6.45) is 0.404. The number of benzene rings is 2. The van der Waals surface area contributed by atoms with Crippen molar-refractivity contribution in [2.75, 3.05) is 6.61 Å². The molecule has 0 radical (unpaired) electrons. The number of hydrogen-bond acceptors (Lipinski definition) is 7. The Bertz CT molecular complexity index is 877. The van der Waals surface area contributed by atoms with Gasteiger partial charge in [-0.15, -0.1) is 0 Å². The van der Waals surface area contributed by atoms with Gasteiger partial charge in [0.05, 0.1) is 11.1 Å². The van der Waals surface area contributed by atoms with E-state index in [4.69, 9.17) is 18.9 Å². The fourth-order valence-corrected chi connectivity index (χ4v) is 2.68. The average Bonchev–Trinajstić information content (AvgIpc) is 2.74. The smallest absolute Gasteiger partial charge is 0.338 e. The first kappa shape index (κ1) is 20.3. The van der Waals surface area contributed by atoms with Gasteiger partial charge in [0.15, 0.2) is 6.10 Å². The monoisotopic (exact) mass is 396 g/mol. The highest BCUT2D eigenvalue weighted by atomic mass is 16.7. The minimum atomic E-state index is -0.959. The zero-order chi connectivity index (χ0) is 20.6. The molecule has 0 amide bonds. The fraction of sp³-hybridized carbons (Fsp3) is 0.227. The van der Waals surface area contributed by atoms with E-state index in [1.54, 1.807) is 66.7 Å². The van der Waals surface area contributed by atoms with Gasteiger partial charge >= 0.3 is 17.9 Å². The second-order valence-corrected chi connectivity index (χ2v) is 6.24. The molecule has 0 saturated heterocycles. The Labute approximate surface area is 167 Å². The summed E-state index contributed by atoms with van der Waals surface area (Å²) in [4.78, 5) is 35.8. The van der Waals surface area contributed by atoms with Crippen molar-refractivity contribution in [2.45, 2.75) is 25.4 Å². The number of rotatable bonds is 6. The molecule has 7 nitrogen and oxygen atoms in total. The van der Waals surface area contributed by atoms with Crippen molar-refractivity contribution in [3.63, 3.8) is 0 Å². The summed E-state index contributed by atoms with van der Waals surface area (Å²) in [6.45, 7) is 1.06. The molecule has 2 aromatic rings. The summed E-state index contributed by atoms with van der Waals surface area (Å²) < 4.78 is 21.5. The van der Waals surface area contributed by atoms with Crippen molar-refractivity contribution < 1.29 is 33.3 Å². The third-order valence-corrected chi connectivity index (χ3v) is 4.06. The van der Waals surface area contributed by atoms with Gasteiger partial charge in [0.1, 0.15) is 12.7 Å². The first-order chi connectivity index (χ1) is 14.0. The Morgan fingerprint density at radius 2 is 1.41 bits per heavy atom. The average molecular weight is 396 g/mol. The van der Waals surface area contributed by atoms with E-state index in [-0.39, 0.29) is 6.61 Å². The van der Waals surface area contributed by atoms with Crippen LogP contribution in [0.3, 0.4) is 0 Å². The molecule has 29 heavy (non-hydrogen) atoms. The first-order valence-electron chi connectivity index (χ1n) is 9.02. The maximum Gasteiger partial charge on any atom is 0.338 e. The zero-order valence-electron chi connectivity index (χ0n) is 15.7. The molecule has 0 N–H and O–H groups in total. The Balaban J connectivity index is 1.68. The molecule has 0 fully saturated rings. The SMILES string of the molecule is CC(=O)O[C@@H]1C=C[C@H](OC(=O)c2ccccc2)[C@@H](COC(=O)c2ccccc2)O1. The number of ether oxygens (including phenoxy) is 4. The van der Waals surface area contributed by atoms with Gasteiger partial charge in [-0.2, -0.15) is 0 Å². The number of carbonyl (C=O) groups is 3.